The van der Waals surface area contributed by atoms with Gasteiger partial charge in [0.2, 0.25) is 0 Å². The van der Waals surface area contributed by atoms with Crippen LogP contribution in [-0.4, -0.2) is 70.3 Å². The van der Waals surface area contributed by atoms with Gasteiger partial charge in [0.05, 0.1) is 0 Å². The maximum absolute atomic E-state index is 8.60. The van der Waals surface area contributed by atoms with Crippen LogP contribution in [0.3, 0.4) is 0 Å². The van der Waals surface area contributed by atoms with E-state index < -0.39 is 21.0 Å². The monoisotopic (exact) mass is 433 g/mol. The molecule has 17 heteroatoms. The molecule has 0 aromatic heterocycles. The van der Waals surface area contributed by atoms with E-state index in [9.17, 15) is 0 Å². The minimum Gasteiger partial charge on any atom is -0.813 e. The summed E-state index contributed by atoms with van der Waals surface area (Å²) in [5.74, 6) is 0. The van der Waals surface area contributed by atoms with Gasteiger partial charge in [0.1, 0.15) is 0 Å². The Kier molecular flexibility index (Phi) is 1700. The molecule has 18 N–H and O–H groups in total. The summed E-state index contributed by atoms with van der Waals surface area (Å²) < 4.78 is 25.8. The molecular formula is H19Na3O12SSb. The summed E-state index contributed by atoms with van der Waals surface area (Å²) in [5, 5.41) is 0. The van der Waals surface area contributed by atoms with E-state index in [2.05, 4.69) is 0 Å². The fraction of sp³-hybridized carbons (Fsp3) is 0. The van der Waals surface area contributed by atoms with Crippen molar-refractivity contribution in [1.82, 2.24) is 0 Å². The van der Waals surface area contributed by atoms with Gasteiger partial charge in [-0.25, -0.2) is 0 Å². The van der Waals surface area contributed by atoms with Crippen molar-refractivity contribution in [3.8, 4) is 0 Å². The van der Waals surface area contributed by atoms with Crippen LogP contribution in [0.4, 0.5) is 0 Å². The fourth-order valence-electron chi connectivity index (χ4n) is 0. The molecule has 0 atom stereocenters. The van der Waals surface area contributed by atoms with Crippen LogP contribution < -0.4 is 95.4 Å². The maximum Gasteiger partial charge on any atom is -0.813 e. The Balaban J connectivity index is -0.000000000577. The Labute approximate surface area is 179 Å². The molecule has 105 valence electrons. The second kappa shape index (κ2) is 157. The minimum atomic E-state index is -4.20. The van der Waals surface area contributed by atoms with Gasteiger partial charge in [0, 0.05) is 0 Å². The molecule has 0 aromatic carbocycles. The predicted molar refractivity (Wildman–Crippen MR) is 47.7 cm³/mol. The number of thiol groups is 1. The molecule has 0 heterocycles. The van der Waals surface area contributed by atoms with Crippen LogP contribution >= 0.6 is 0 Å². The van der Waals surface area contributed by atoms with Crippen molar-refractivity contribution in [1.29, 1.82) is 0 Å². The second-order valence-electron chi connectivity index (χ2n) is 0.224. The van der Waals surface area contributed by atoms with Crippen LogP contribution in [0.5, 0.6) is 0 Å². The largest absolute Gasteiger partial charge is 0.813 e. The molecule has 0 amide bonds. The van der Waals surface area contributed by atoms with Gasteiger partial charge in [-0.2, -0.15) is 0 Å². The van der Waals surface area contributed by atoms with Crippen molar-refractivity contribution in [3.05, 3.63) is 0 Å². The number of hydrogen-bond donors (Lipinski definition) is 0. The summed E-state index contributed by atoms with van der Waals surface area (Å²) in [5.41, 5.74) is 0. The Morgan fingerprint density at radius 3 is 0.529 bits per heavy atom. The van der Waals surface area contributed by atoms with E-state index >= 15 is 0 Å². The van der Waals surface area contributed by atoms with Crippen molar-refractivity contribution < 1.29 is 148 Å². The molecule has 12 nitrogen and oxygen atoms in total. The smallest absolute Gasteiger partial charge is 0.813 e. The average molecular weight is 434 g/mol. The Morgan fingerprint density at radius 2 is 0.529 bits per heavy atom. The Bertz CT molecular complexity index is 44.7. The summed E-state index contributed by atoms with van der Waals surface area (Å²) in [6.45, 7) is 0. The topological polar surface area (TPSA) is 347 Å². The summed E-state index contributed by atoms with van der Waals surface area (Å²) in [6, 6.07) is 0. The normalized spacial score (nSPS) is 1.53. The molecule has 0 aliphatic rings. The number of rotatable bonds is 0. The van der Waals surface area contributed by atoms with Crippen molar-refractivity contribution in [3.63, 3.8) is 0 Å². The van der Waals surface area contributed by atoms with Gasteiger partial charge in [-0.1, -0.05) is 0 Å². The molecule has 0 unspecified atom stereocenters. The number of hydrogen-bond acceptors (Lipinski definition) is 4. The van der Waals surface area contributed by atoms with Gasteiger partial charge in [-0.3, -0.25) is 0 Å². The van der Waals surface area contributed by atoms with E-state index in [-0.39, 0.29) is 151 Å². The molecule has 0 bridgehead atoms. The third kappa shape index (κ3) is 482. The molecule has 0 aliphatic heterocycles. The predicted octanol–water partition coefficient (Wildman–Crippen LogP) is -19.6. The van der Waals surface area contributed by atoms with Gasteiger partial charge in [-0.15, -0.1) is 0 Å². The van der Waals surface area contributed by atoms with E-state index in [0.29, 0.717) is 0 Å². The quantitative estimate of drug-likeness (QED) is 0.203. The van der Waals surface area contributed by atoms with Crippen LogP contribution in [0.15, 0.2) is 0 Å². The van der Waals surface area contributed by atoms with Crippen molar-refractivity contribution in [2.75, 3.05) is 0 Å². The zero-order chi connectivity index (χ0) is 3.58. The standard InChI is InChI=1S/3Na.9H2O.3O.H2S.Sb/h;;;9*1H2;;;;1H2;/q3*+1;;;;;;;;;;;2*-1;;/p-1. The van der Waals surface area contributed by atoms with Crippen molar-refractivity contribution >= 4 is 34.5 Å². The first-order valence-corrected chi connectivity index (χ1v) is 3.67. The summed E-state index contributed by atoms with van der Waals surface area (Å²) >= 11 is -4.20. The molecule has 0 saturated carbocycles. The molecule has 0 aromatic rings. The zero-order valence-electron chi connectivity index (χ0n) is 9.62. The van der Waals surface area contributed by atoms with Crippen molar-refractivity contribution in [2.45, 2.75) is 0 Å². The molecule has 0 aliphatic carbocycles. The molecule has 0 spiro atoms. The Hall–Kier alpha value is 3.53. The molecule has 0 rings (SSSR count). The molecule has 1 radical (unpaired) electrons. The Morgan fingerprint density at radius 1 is 0.529 bits per heavy atom. The van der Waals surface area contributed by atoms with E-state index in [1.807, 2.05) is 0 Å². The van der Waals surface area contributed by atoms with E-state index in [4.69, 9.17) is 9.79 Å². The molecular weight excluding hydrogens is 415 g/mol. The first-order valence-electron chi connectivity index (χ1n) is 0.548. The van der Waals surface area contributed by atoms with Gasteiger partial charge in [0.25, 0.3) is 0 Å². The first-order chi connectivity index (χ1) is 1.73. The van der Waals surface area contributed by atoms with E-state index in [0.717, 1.165) is 0 Å². The van der Waals surface area contributed by atoms with Gasteiger partial charge >= 0.3 is 120 Å². The SMILES string of the molecule is O.O.O.O.O.O.O.O.O.[Na+].[Na+].[Na+].[O]=[Sb]([O-])[O-].[SH-]. The van der Waals surface area contributed by atoms with Crippen LogP contribution in [-0.2, 0) is 16.5 Å². The first kappa shape index (κ1) is 184. The van der Waals surface area contributed by atoms with E-state index in [1.165, 1.54) is 0 Å². The van der Waals surface area contributed by atoms with Crippen LogP contribution in [0, 0.1) is 0 Å². The van der Waals surface area contributed by atoms with E-state index in [1.54, 1.807) is 0 Å². The third-order valence-electron chi connectivity index (χ3n) is 0. The summed E-state index contributed by atoms with van der Waals surface area (Å²) in [4.78, 5) is 0. The minimum absolute atomic E-state index is 0. The second-order valence-corrected chi connectivity index (χ2v) is 1.50. The summed E-state index contributed by atoms with van der Waals surface area (Å²) in [7, 11) is 0. The van der Waals surface area contributed by atoms with Gasteiger partial charge < -0.3 is 62.8 Å². The van der Waals surface area contributed by atoms with Gasteiger partial charge in [-0.05, 0) is 0 Å². The van der Waals surface area contributed by atoms with Crippen LogP contribution in [0.2, 0.25) is 0 Å². The van der Waals surface area contributed by atoms with Gasteiger partial charge in [0.15, 0.2) is 0 Å². The molecule has 0 saturated heterocycles. The van der Waals surface area contributed by atoms with Crippen LogP contribution in [0.25, 0.3) is 0 Å². The maximum atomic E-state index is 8.60. The van der Waals surface area contributed by atoms with Crippen molar-refractivity contribution in [2.24, 2.45) is 0 Å². The van der Waals surface area contributed by atoms with Crippen LogP contribution in [0.1, 0.15) is 0 Å². The fourth-order valence-corrected chi connectivity index (χ4v) is 0. The molecule has 0 fully saturated rings. The third-order valence-corrected chi connectivity index (χ3v) is 0. The zero-order valence-corrected chi connectivity index (χ0v) is 19.1. The average Bonchev–Trinajstić information content (AvgIpc) is 0.811. The summed E-state index contributed by atoms with van der Waals surface area (Å²) in [6.07, 6.45) is 0. The molecule has 17 heavy (non-hydrogen) atoms.